The molecular formula is C14H22N4O2. The van der Waals surface area contributed by atoms with Gasteiger partial charge in [0.15, 0.2) is 11.6 Å². The number of rotatable bonds is 2. The van der Waals surface area contributed by atoms with Crippen molar-refractivity contribution in [3.8, 4) is 0 Å². The van der Waals surface area contributed by atoms with Crippen molar-refractivity contribution in [2.45, 2.75) is 41.5 Å². The first-order valence-electron chi connectivity index (χ1n) is 6.39. The lowest BCUT2D eigenvalue weighted by molar-refractivity contribution is 0.0821. The van der Waals surface area contributed by atoms with Crippen LogP contribution in [0.2, 0.25) is 0 Å². The Bertz CT molecular complexity index is 527. The molecule has 0 aromatic carbocycles. The van der Waals surface area contributed by atoms with Crippen molar-refractivity contribution in [3.63, 3.8) is 0 Å². The molecule has 0 amide bonds. The van der Waals surface area contributed by atoms with E-state index in [-0.39, 0.29) is 28.8 Å². The van der Waals surface area contributed by atoms with Crippen LogP contribution in [0.4, 0.5) is 0 Å². The summed E-state index contributed by atoms with van der Waals surface area (Å²) in [7, 11) is 0. The zero-order valence-corrected chi connectivity index (χ0v) is 12.9. The predicted molar refractivity (Wildman–Crippen MR) is 77.1 cm³/mol. The fourth-order valence-electron chi connectivity index (χ4n) is 1.59. The molecule has 0 atom stereocenters. The maximum absolute atomic E-state index is 12.4. The van der Waals surface area contributed by atoms with Gasteiger partial charge in [0, 0.05) is 17.0 Å². The van der Waals surface area contributed by atoms with Crippen LogP contribution in [0.15, 0.2) is 6.20 Å². The SMILES string of the molecule is CC(C)(C)C(=O)c1cn(C(=N)N)nc1C(=O)C(C)(C)C. The number of hydrogen-bond donors (Lipinski definition) is 2. The number of nitrogens with two attached hydrogens (primary N) is 1. The van der Waals surface area contributed by atoms with E-state index in [2.05, 4.69) is 5.10 Å². The Hall–Kier alpha value is -1.98. The van der Waals surface area contributed by atoms with Crippen molar-refractivity contribution in [1.29, 1.82) is 5.41 Å². The molecule has 0 aliphatic carbocycles. The number of carbonyl (C=O) groups excluding carboxylic acids is 2. The van der Waals surface area contributed by atoms with Gasteiger partial charge in [0.1, 0.15) is 5.69 Å². The van der Waals surface area contributed by atoms with Gasteiger partial charge in [0.05, 0.1) is 5.56 Å². The second-order valence-electron chi connectivity index (χ2n) is 6.88. The lowest BCUT2D eigenvalue weighted by atomic mass is 9.82. The number of ketones is 2. The average molecular weight is 278 g/mol. The number of carbonyl (C=O) groups is 2. The molecule has 0 unspecified atom stereocenters. The molecule has 6 nitrogen and oxygen atoms in total. The Balaban J connectivity index is 3.47. The van der Waals surface area contributed by atoms with E-state index >= 15 is 0 Å². The Morgan fingerprint density at radius 3 is 1.90 bits per heavy atom. The van der Waals surface area contributed by atoms with Gasteiger partial charge in [-0.15, -0.1) is 0 Å². The fraction of sp³-hybridized carbons (Fsp3) is 0.571. The van der Waals surface area contributed by atoms with Crippen LogP contribution in [-0.4, -0.2) is 27.3 Å². The van der Waals surface area contributed by atoms with E-state index in [1.165, 1.54) is 6.20 Å². The van der Waals surface area contributed by atoms with Gasteiger partial charge < -0.3 is 5.73 Å². The molecule has 0 aliphatic rings. The second-order valence-corrected chi connectivity index (χ2v) is 6.88. The maximum atomic E-state index is 12.4. The molecule has 0 aliphatic heterocycles. The number of aromatic nitrogens is 2. The number of nitrogens with one attached hydrogen (secondary N) is 1. The van der Waals surface area contributed by atoms with Gasteiger partial charge in [0.2, 0.25) is 5.96 Å². The molecule has 0 fully saturated rings. The highest BCUT2D eigenvalue weighted by Gasteiger charge is 2.34. The second kappa shape index (κ2) is 4.85. The van der Waals surface area contributed by atoms with Gasteiger partial charge in [-0.25, -0.2) is 4.68 Å². The number of nitrogens with zero attached hydrogens (tertiary/aromatic N) is 2. The van der Waals surface area contributed by atoms with Crippen LogP contribution in [-0.2, 0) is 0 Å². The minimum absolute atomic E-state index is 0.0765. The Labute approximate surface area is 118 Å². The van der Waals surface area contributed by atoms with E-state index in [4.69, 9.17) is 11.1 Å². The highest BCUT2D eigenvalue weighted by molar-refractivity contribution is 6.11. The third-order valence-electron chi connectivity index (χ3n) is 2.78. The van der Waals surface area contributed by atoms with E-state index in [1.807, 2.05) is 0 Å². The van der Waals surface area contributed by atoms with Crippen molar-refractivity contribution in [1.82, 2.24) is 9.78 Å². The Morgan fingerprint density at radius 2 is 1.55 bits per heavy atom. The molecule has 110 valence electrons. The van der Waals surface area contributed by atoms with E-state index in [1.54, 1.807) is 41.5 Å². The first kappa shape index (κ1) is 16.1. The predicted octanol–water partition coefficient (Wildman–Crippen LogP) is 2.08. The van der Waals surface area contributed by atoms with Gasteiger partial charge in [-0.3, -0.25) is 15.0 Å². The third kappa shape index (κ3) is 3.12. The van der Waals surface area contributed by atoms with E-state index in [0.29, 0.717) is 0 Å². The summed E-state index contributed by atoms with van der Waals surface area (Å²) in [6, 6.07) is 0. The van der Waals surface area contributed by atoms with Crippen molar-refractivity contribution in [2.24, 2.45) is 16.6 Å². The molecule has 0 spiro atoms. The van der Waals surface area contributed by atoms with Crippen LogP contribution < -0.4 is 5.73 Å². The maximum Gasteiger partial charge on any atom is 0.213 e. The van der Waals surface area contributed by atoms with E-state index < -0.39 is 10.8 Å². The number of hydrogen-bond acceptors (Lipinski definition) is 4. The topological polar surface area (TPSA) is 102 Å². The molecule has 1 aromatic heterocycles. The van der Waals surface area contributed by atoms with Crippen LogP contribution in [0.5, 0.6) is 0 Å². The van der Waals surface area contributed by atoms with Crippen LogP contribution in [0.3, 0.4) is 0 Å². The average Bonchev–Trinajstić information content (AvgIpc) is 2.68. The van der Waals surface area contributed by atoms with E-state index in [0.717, 1.165) is 4.68 Å². The zero-order valence-electron chi connectivity index (χ0n) is 12.9. The minimum Gasteiger partial charge on any atom is -0.368 e. The summed E-state index contributed by atoms with van der Waals surface area (Å²) in [4.78, 5) is 24.9. The summed E-state index contributed by atoms with van der Waals surface area (Å²) in [5.41, 5.74) is 4.36. The zero-order chi connectivity index (χ0) is 15.9. The first-order valence-corrected chi connectivity index (χ1v) is 6.39. The van der Waals surface area contributed by atoms with Gasteiger partial charge >= 0.3 is 0 Å². The van der Waals surface area contributed by atoms with Crippen LogP contribution >= 0.6 is 0 Å². The molecule has 1 rings (SSSR count). The highest BCUT2D eigenvalue weighted by atomic mass is 16.1. The quantitative estimate of drug-likeness (QED) is 0.491. The van der Waals surface area contributed by atoms with E-state index in [9.17, 15) is 9.59 Å². The standard InChI is InChI=1S/C14H22N4O2/c1-13(2,3)10(19)8-7-18(12(15)16)17-9(8)11(20)14(4,5)6/h7H,1-6H3,(H3,15,16). The van der Waals surface area contributed by atoms with Gasteiger partial charge in [-0.05, 0) is 0 Å². The molecule has 0 bridgehead atoms. The van der Waals surface area contributed by atoms with Crippen molar-refractivity contribution in [2.75, 3.05) is 0 Å². The van der Waals surface area contributed by atoms with Gasteiger partial charge in [0.25, 0.3) is 0 Å². The summed E-state index contributed by atoms with van der Waals surface area (Å²) in [6.45, 7) is 10.6. The molecule has 0 saturated carbocycles. The van der Waals surface area contributed by atoms with Crippen molar-refractivity contribution >= 4 is 17.5 Å². The lowest BCUT2D eigenvalue weighted by Crippen LogP contribution is -2.26. The molecule has 6 heteroatoms. The normalized spacial score (nSPS) is 12.3. The molecule has 0 saturated heterocycles. The lowest BCUT2D eigenvalue weighted by Gasteiger charge is -2.19. The summed E-state index contributed by atoms with van der Waals surface area (Å²) >= 11 is 0. The van der Waals surface area contributed by atoms with Crippen LogP contribution in [0.1, 0.15) is 62.4 Å². The summed E-state index contributed by atoms with van der Waals surface area (Å²) < 4.78 is 1.05. The van der Waals surface area contributed by atoms with Crippen molar-refractivity contribution < 1.29 is 9.59 Å². The molecule has 1 heterocycles. The molecule has 0 radical (unpaired) electrons. The smallest absolute Gasteiger partial charge is 0.213 e. The molecule has 1 aromatic rings. The van der Waals surface area contributed by atoms with Gasteiger partial charge in [-0.2, -0.15) is 5.10 Å². The Kier molecular flexibility index (Phi) is 3.90. The number of Topliss-reactive ketones (excluding diaryl/α,β-unsaturated/α-hetero) is 2. The van der Waals surface area contributed by atoms with Crippen LogP contribution in [0.25, 0.3) is 0 Å². The monoisotopic (exact) mass is 278 g/mol. The highest BCUT2D eigenvalue weighted by Crippen LogP contribution is 2.27. The summed E-state index contributed by atoms with van der Waals surface area (Å²) in [6.07, 6.45) is 1.36. The molecule has 20 heavy (non-hydrogen) atoms. The minimum atomic E-state index is -0.664. The van der Waals surface area contributed by atoms with Gasteiger partial charge in [-0.1, -0.05) is 41.5 Å². The molecular weight excluding hydrogens is 256 g/mol. The molecule has 3 N–H and O–H groups in total. The van der Waals surface area contributed by atoms with Crippen molar-refractivity contribution in [3.05, 3.63) is 17.5 Å². The summed E-state index contributed by atoms with van der Waals surface area (Å²) in [5.74, 6) is -0.774. The largest absolute Gasteiger partial charge is 0.368 e. The summed E-state index contributed by atoms with van der Waals surface area (Å²) in [5, 5.41) is 11.4. The Morgan fingerprint density at radius 1 is 1.10 bits per heavy atom. The first-order chi connectivity index (χ1) is 8.85. The van der Waals surface area contributed by atoms with Crippen LogP contribution in [0, 0.1) is 16.2 Å². The fourth-order valence-corrected chi connectivity index (χ4v) is 1.59. The third-order valence-corrected chi connectivity index (χ3v) is 2.78. The number of nitrogen functional groups attached to an aromatic ring is 1.